The fourth-order valence-electron chi connectivity index (χ4n) is 5.71. The van der Waals surface area contributed by atoms with Gasteiger partial charge in [-0.25, -0.2) is 0 Å². The van der Waals surface area contributed by atoms with Crippen molar-refractivity contribution >= 4 is 17.7 Å². The molecule has 0 bridgehead atoms. The maximum atomic E-state index is 14.0. The third-order valence-corrected chi connectivity index (χ3v) is 8.46. The van der Waals surface area contributed by atoms with E-state index >= 15 is 0 Å². The van der Waals surface area contributed by atoms with Crippen LogP contribution in [0, 0.1) is 18.8 Å². The number of Topliss-reactive ketones (excluding diaryl/α,β-unsaturated/α-hetero) is 1. The summed E-state index contributed by atoms with van der Waals surface area (Å²) in [5.74, 6) is -1.36. The molecule has 1 aromatic carbocycles. The quantitative estimate of drug-likeness (QED) is 0.413. The summed E-state index contributed by atoms with van der Waals surface area (Å²) >= 11 is 0. The lowest BCUT2D eigenvalue weighted by atomic mass is 9.80. The number of aliphatic carboxylic acids is 1. The molecule has 6 nitrogen and oxygen atoms in total. The maximum absolute atomic E-state index is 14.0. The number of benzene rings is 1. The zero-order chi connectivity index (χ0) is 28.0. The van der Waals surface area contributed by atoms with Crippen molar-refractivity contribution in [3.63, 3.8) is 0 Å². The number of carboxylic acid groups (broad SMARTS) is 1. The monoisotopic (exact) mass is 520 g/mol. The first kappa shape index (κ1) is 28.1. The van der Waals surface area contributed by atoms with Gasteiger partial charge in [0.1, 0.15) is 0 Å². The molecular formula is C32H44N2O4. The molecule has 2 aromatic rings. The number of ketones is 1. The van der Waals surface area contributed by atoms with Crippen LogP contribution in [-0.2, 0) is 15.6 Å². The van der Waals surface area contributed by atoms with Crippen molar-refractivity contribution in [2.24, 2.45) is 11.8 Å². The number of carboxylic acids is 1. The summed E-state index contributed by atoms with van der Waals surface area (Å²) in [7, 11) is 0. The van der Waals surface area contributed by atoms with Crippen LogP contribution in [-0.4, -0.2) is 33.4 Å². The van der Waals surface area contributed by atoms with Gasteiger partial charge in [0.25, 0.3) is 5.91 Å². The Hall–Kier alpha value is -2.89. The number of nitrogens with zero attached hydrogens (tertiary/aromatic N) is 1. The number of carbonyl (C=O) groups is 3. The number of hydrogen-bond donors (Lipinski definition) is 2. The van der Waals surface area contributed by atoms with E-state index in [4.69, 9.17) is 0 Å². The fraction of sp³-hybridized carbons (Fsp3) is 0.594. The maximum Gasteiger partial charge on any atom is 0.306 e. The number of amides is 1. The van der Waals surface area contributed by atoms with Gasteiger partial charge in [0.15, 0.2) is 5.78 Å². The summed E-state index contributed by atoms with van der Waals surface area (Å²) in [5, 5.41) is 12.2. The molecular weight excluding hydrogens is 476 g/mol. The molecule has 0 aliphatic heterocycles. The van der Waals surface area contributed by atoms with E-state index in [-0.39, 0.29) is 34.5 Å². The van der Waals surface area contributed by atoms with Crippen molar-refractivity contribution < 1.29 is 19.5 Å². The highest BCUT2D eigenvalue weighted by Gasteiger charge is 2.36. The molecule has 0 saturated heterocycles. The number of nitrogens with one attached hydrogen (secondary N) is 1. The van der Waals surface area contributed by atoms with Gasteiger partial charge in [-0.15, -0.1) is 0 Å². The first-order valence-electron chi connectivity index (χ1n) is 14.1. The lowest BCUT2D eigenvalue weighted by Gasteiger charge is -2.32. The number of carbonyl (C=O) groups excluding carboxylic acids is 2. The van der Waals surface area contributed by atoms with E-state index in [1.807, 2.05) is 17.7 Å². The minimum atomic E-state index is -0.813. The molecule has 0 spiro atoms. The van der Waals surface area contributed by atoms with Crippen LogP contribution >= 0.6 is 0 Å². The lowest BCUT2D eigenvalue weighted by Crippen LogP contribution is -2.46. The molecule has 0 unspecified atom stereocenters. The zero-order valence-corrected chi connectivity index (χ0v) is 24.1. The second-order valence-corrected chi connectivity index (χ2v) is 13.5. The highest BCUT2D eigenvalue weighted by atomic mass is 16.4. The van der Waals surface area contributed by atoms with Crippen molar-refractivity contribution in [3.05, 3.63) is 52.3 Å². The molecule has 2 N–H and O–H groups in total. The molecule has 38 heavy (non-hydrogen) atoms. The molecule has 2 fully saturated rings. The Bertz CT molecular complexity index is 1200. The molecule has 1 aromatic heterocycles. The van der Waals surface area contributed by atoms with E-state index in [2.05, 4.69) is 65.1 Å². The number of aromatic nitrogens is 1. The standard InChI is InChI=1S/C32H44N2O4/c1-19-26(29(36)33-24-13-21(14-24)30(37)38)18-34(27(19)28(35)20-11-9-8-10-12-20)25-16-22(31(2,3)4)15-23(17-25)32(5,6)7/h15-18,20-21,24H,8-14H2,1-7H3,(H,33,36)(H,37,38). The third-order valence-electron chi connectivity index (χ3n) is 8.46. The molecule has 0 atom stereocenters. The highest BCUT2D eigenvalue weighted by molar-refractivity contribution is 6.04. The summed E-state index contributed by atoms with van der Waals surface area (Å²) in [6.07, 6.45) is 7.76. The molecule has 6 heteroatoms. The van der Waals surface area contributed by atoms with Gasteiger partial charge < -0.3 is 15.0 Å². The lowest BCUT2D eigenvalue weighted by molar-refractivity contribution is -0.145. The Morgan fingerprint density at radius 1 is 0.868 bits per heavy atom. The molecule has 1 amide bonds. The minimum Gasteiger partial charge on any atom is -0.481 e. The molecule has 2 saturated carbocycles. The van der Waals surface area contributed by atoms with Crippen LogP contribution in [0.5, 0.6) is 0 Å². The van der Waals surface area contributed by atoms with Gasteiger partial charge in [-0.1, -0.05) is 66.9 Å². The average molecular weight is 521 g/mol. The van der Waals surface area contributed by atoms with Gasteiger partial charge >= 0.3 is 5.97 Å². The SMILES string of the molecule is Cc1c(C(=O)NC2CC(C(=O)O)C2)cn(-c2cc(C(C)(C)C)cc(C(C)(C)C)c2)c1C(=O)C1CCCCC1. The Balaban J connectivity index is 1.80. The van der Waals surface area contributed by atoms with Gasteiger partial charge in [0.2, 0.25) is 0 Å². The van der Waals surface area contributed by atoms with Crippen molar-refractivity contribution in [2.45, 2.75) is 110 Å². The predicted molar refractivity (Wildman–Crippen MR) is 150 cm³/mol. The van der Waals surface area contributed by atoms with Gasteiger partial charge in [0.05, 0.1) is 17.2 Å². The highest BCUT2D eigenvalue weighted by Crippen LogP contribution is 2.35. The Kier molecular flexibility index (Phi) is 7.66. The summed E-state index contributed by atoms with van der Waals surface area (Å²) in [5.41, 5.74) is 4.88. The van der Waals surface area contributed by atoms with Crippen LogP contribution in [0.4, 0.5) is 0 Å². The average Bonchev–Trinajstić information content (AvgIpc) is 3.16. The molecule has 1 heterocycles. The summed E-state index contributed by atoms with van der Waals surface area (Å²) < 4.78 is 1.95. The van der Waals surface area contributed by atoms with E-state index < -0.39 is 11.9 Å². The Morgan fingerprint density at radius 3 is 1.92 bits per heavy atom. The second kappa shape index (κ2) is 10.3. The van der Waals surface area contributed by atoms with Gasteiger partial charge in [-0.05, 0) is 72.3 Å². The van der Waals surface area contributed by atoms with E-state index in [9.17, 15) is 19.5 Å². The Morgan fingerprint density at radius 2 is 1.42 bits per heavy atom. The van der Waals surface area contributed by atoms with Crippen molar-refractivity contribution in [2.75, 3.05) is 0 Å². The molecule has 4 rings (SSSR count). The molecule has 206 valence electrons. The topological polar surface area (TPSA) is 88.4 Å². The van der Waals surface area contributed by atoms with Crippen molar-refractivity contribution in [1.82, 2.24) is 9.88 Å². The molecule has 0 radical (unpaired) electrons. The second-order valence-electron chi connectivity index (χ2n) is 13.5. The Labute approximate surface area is 227 Å². The van der Waals surface area contributed by atoms with Gasteiger partial charge in [-0.2, -0.15) is 0 Å². The molecule has 2 aliphatic rings. The van der Waals surface area contributed by atoms with Crippen LogP contribution in [0.1, 0.15) is 124 Å². The van der Waals surface area contributed by atoms with Crippen LogP contribution in [0.2, 0.25) is 0 Å². The normalized spacial score (nSPS) is 20.6. The predicted octanol–water partition coefficient (Wildman–Crippen LogP) is 6.74. The summed E-state index contributed by atoms with van der Waals surface area (Å²) in [6, 6.07) is 6.40. The van der Waals surface area contributed by atoms with Crippen LogP contribution in [0.3, 0.4) is 0 Å². The first-order valence-corrected chi connectivity index (χ1v) is 14.1. The van der Waals surface area contributed by atoms with Crippen molar-refractivity contribution in [3.8, 4) is 5.69 Å². The van der Waals surface area contributed by atoms with Gasteiger partial charge in [-0.3, -0.25) is 14.4 Å². The smallest absolute Gasteiger partial charge is 0.306 e. The van der Waals surface area contributed by atoms with Crippen LogP contribution in [0.15, 0.2) is 24.4 Å². The molecule has 2 aliphatic carbocycles. The van der Waals surface area contributed by atoms with E-state index in [0.29, 0.717) is 29.7 Å². The number of hydrogen-bond acceptors (Lipinski definition) is 3. The largest absolute Gasteiger partial charge is 0.481 e. The third kappa shape index (κ3) is 5.74. The summed E-state index contributed by atoms with van der Waals surface area (Å²) in [4.78, 5) is 38.6. The van der Waals surface area contributed by atoms with Crippen molar-refractivity contribution in [1.29, 1.82) is 0 Å². The zero-order valence-electron chi connectivity index (χ0n) is 24.1. The number of rotatable bonds is 6. The van der Waals surface area contributed by atoms with E-state index in [1.165, 1.54) is 17.5 Å². The van der Waals surface area contributed by atoms with E-state index in [0.717, 1.165) is 31.4 Å². The summed E-state index contributed by atoms with van der Waals surface area (Å²) in [6.45, 7) is 15.0. The van der Waals surface area contributed by atoms with Crippen LogP contribution in [0.25, 0.3) is 5.69 Å². The van der Waals surface area contributed by atoms with Gasteiger partial charge in [0, 0.05) is 23.8 Å². The van der Waals surface area contributed by atoms with E-state index in [1.54, 1.807) is 0 Å². The minimum absolute atomic E-state index is 0.0251. The first-order chi connectivity index (χ1) is 17.7. The van der Waals surface area contributed by atoms with Crippen LogP contribution < -0.4 is 5.32 Å². The fourth-order valence-corrected chi connectivity index (χ4v) is 5.71.